The van der Waals surface area contributed by atoms with Crippen molar-refractivity contribution < 1.29 is 14.6 Å². The highest BCUT2D eigenvalue weighted by Gasteiger charge is 2.34. The van der Waals surface area contributed by atoms with E-state index >= 15 is 0 Å². The molecule has 1 fully saturated rings. The van der Waals surface area contributed by atoms with Gasteiger partial charge in [0.05, 0.1) is 5.57 Å². The van der Waals surface area contributed by atoms with Crippen LogP contribution in [0.3, 0.4) is 0 Å². The molecule has 0 radical (unpaired) electrons. The molecular weight excluding hydrogens is 427 g/mol. The van der Waals surface area contributed by atoms with Gasteiger partial charge in [-0.2, -0.15) is 0 Å². The third kappa shape index (κ3) is 5.30. The molecule has 0 aromatic heterocycles. The second kappa shape index (κ2) is 9.17. The minimum absolute atomic E-state index is 0.0622. The van der Waals surface area contributed by atoms with E-state index in [0.29, 0.717) is 28.9 Å². The third-order valence-electron chi connectivity index (χ3n) is 5.26. The number of benzene rings is 1. The zero-order chi connectivity index (χ0) is 18.6. The number of aliphatic hydroxyl groups is 1. The summed E-state index contributed by atoms with van der Waals surface area (Å²) in [6.45, 7) is 8.60. The largest absolute Gasteiger partial charge is 0.459 e. The van der Waals surface area contributed by atoms with E-state index in [4.69, 9.17) is 4.74 Å². The predicted molar refractivity (Wildman–Crippen MR) is 109 cm³/mol. The van der Waals surface area contributed by atoms with Gasteiger partial charge in [-0.1, -0.05) is 79.6 Å². The quantitative estimate of drug-likeness (QED) is 0.369. The molecule has 1 aromatic rings. The van der Waals surface area contributed by atoms with Crippen LogP contribution in [0, 0.1) is 24.7 Å². The Morgan fingerprint density at radius 3 is 2.48 bits per heavy atom. The molecule has 0 bridgehead atoms. The van der Waals surface area contributed by atoms with Crippen LogP contribution in [0.15, 0.2) is 33.9 Å². The lowest BCUT2D eigenvalue weighted by atomic mass is 9.75. The maximum atomic E-state index is 12.7. The van der Waals surface area contributed by atoms with Crippen molar-refractivity contribution in [2.45, 2.75) is 59.2 Å². The average molecular weight is 456 g/mol. The lowest BCUT2D eigenvalue weighted by Gasteiger charge is -2.37. The second-order valence-corrected chi connectivity index (χ2v) is 8.27. The van der Waals surface area contributed by atoms with Crippen molar-refractivity contribution in [2.75, 3.05) is 0 Å². The average Bonchev–Trinajstić information content (AvgIpc) is 2.55. The van der Waals surface area contributed by atoms with E-state index in [9.17, 15) is 9.90 Å². The summed E-state index contributed by atoms with van der Waals surface area (Å²) in [6, 6.07) is 7.58. The van der Waals surface area contributed by atoms with Crippen LogP contribution in [0.1, 0.15) is 57.3 Å². The van der Waals surface area contributed by atoms with E-state index in [-0.39, 0.29) is 6.10 Å². The molecule has 3 nitrogen and oxygen atoms in total. The number of carbonyl (C=O) groups excluding carboxylic acids is 1. The molecule has 0 unspecified atom stereocenters. The first-order valence-corrected chi connectivity index (χ1v) is 10.3. The van der Waals surface area contributed by atoms with Gasteiger partial charge in [-0.05, 0) is 47.2 Å². The maximum absolute atomic E-state index is 12.7. The normalized spacial score (nSPS) is 25.7. The molecule has 2 rings (SSSR count). The topological polar surface area (TPSA) is 46.5 Å². The summed E-state index contributed by atoms with van der Waals surface area (Å²) in [5.74, 6) is 1.06. The Morgan fingerprint density at radius 1 is 1.28 bits per heavy atom. The molecule has 0 aliphatic heterocycles. The molecule has 1 N–H and O–H groups in total. The molecule has 0 amide bonds. The van der Waals surface area contributed by atoms with Crippen LogP contribution >= 0.6 is 22.6 Å². The number of halogens is 1. The number of rotatable bonds is 5. The highest BCUT2D eigenvalue weighted by Crippen LogP contribution is 2.36. The Bertz CT molecular complexity index is 606. The van der Waals surface area contributed by atoms with E-state index in [1.54, 1.807) is 4.08 Å². The summed E-state index contributed by atoms with van der Waals surface area (Å²) in [4.78, 5) is 12.7. The van der Waals surface area contributed by atoms with Gasteiger partial charge >= 0.3 is 5.97 Å². The monoisotopic (exact) mass is 456 g/mol. The number of aryl methyl sites for hydroxylation is 1. The predicted octanol–water partition coefficient (Wildman–Crippen LogP) is 5.35. The van der Waals surface area contributed by atoms with Gasteiger partial charge in [0.25, 0.3) is 0 Å². The van der Waals surface area contributed by atoms with Crippen LogP contribution < -0.4 is 0 Å². The van der Waals surface area contributed by atoms with Crippen molar-refractivity contribution in [3.63, 3.8) is 0 Å². The first kappa shape index (κ1) is 20.4. The van der Waals surface area contributed by atoms with Gasteiger partial charge in [0, 0.05) is 0 Å². The molecule has 4 heteroatoms. The molecule has 25 heavy (non-hydrogen) atoms. The Kier molecular flexibility index (Phi) is 7.50. The van der Waals surface area contributed by atoms with Gasteiger partial charge < -0.3 is 9.84 Å². The highest BCUT2D eigenvalue weighted by atomic mass is 127. The zero-order valence-electron chi connectivity index (χ0n) is 15.5. The van der Waals surface area contributed by atoms with Crippen molar-refractivity contribution in [1.29, 1.82) is 0 Å². The fourth-order valence-corrected chi connectivity index (χ4v) is 4.19. The number of hydrogen-bond acceptors (Lipinski definition) is 3. The minimum Gasteiger partial charge on any atom is -0.459 e. The van der Waals surface area contributed by atoms with E-state index in [2.05, 4.69) is 20.8 Å². The molecule has 138 valence electrons. The summed E-state index contributed by atoms with van der Waals surface area (Å²) in [5.41, 5.74) is 2.14. The van der Waals surface area contributed by atoms with Gasteiger partial charge in [0.1, 0.15) is 12.2 Å². The molecule has 1 aromatic carbocycles. The van der Waals surface area contributed by atoms with Crippen LogP contribution in [-0.2, 0) is 9.53 Å². The zero-order valence-corrected chi connectivity index (χ0v) is 17.7. The molecule has 1 saturated carbocycles. The minimum atomic E-state index is -0.955. The van der Waals surface area contributed by atoms with Gasteiger partial charge in [-0.3, -0.25) is 0 Å². The molecular formula is C21H29IO3. The number of carbonyl (C=O) groups is 1. The van der Waals surface area contributed by atoms with Crippen LogP contribution in [-0.4, -0.2) is 17.2 Å². The maximum Gasteiger partial charge on any atom is 0.337 e. The lowest BCUT2D eigenvalue weighted by molar-refractivity contribution is -0.152. The van der Waals surface area contributed by atoms with Gasteiger partial charge in [0.2, 0.25) is 0 Å². The molecule has 4 atom stereocenters. The summed E-state index contributed by atoms with van der Waals surface area (Å²) in [5, 5.41) is 10.6. The summed E-state index contributed by atoms with van der Waals surface area (Å²) < 4.78 is 7.52. The van der Waals surface area contributed by atoms with Crippen molar-refractivity contribution in [2.24, 2.45) is 17.8 Å². The second-order valence-electron chi connectivity index (χ2n) is 7.65. The Hall–Kier alpha value is -0.880. The van der Waals surface area contributed by atoms with Crippen LogP contribution in [0.2, 0.25) is 0 Å². The van der Waals surface area contributed by atoms with E-state index in [0.717, 1.165) is 18.4 Å². The fourth-order valence-electron chi connectivity index (χ4n) is 3.60. The van der Waals surface area contributed by atoms with Crippen LogP contribution in [0.5, 0.6) is 0 Å². The summed E-state index contributed by atoms with van der Waals surface area (Å²) in [7, 11) is 0. The lowest BCUT2D eigenvalue weighted by Crippen LogP contribution is -2.36. The third-order valence-corrected chi connectivity index (χ3v) is 5.93. The van der Waals surface area contributed by atoms with Gasteiger partial charge in [-0.15, -0.1) is 0 Å². The van der Waals surface area contributed by atoms with Crippen molar-refractivity contribution in [1.82, 2.24) is 0 Å². The summed E-state index contributed by atoms with van der Waals surface area (Å²) >= 11 is 2.01. The number of hydrogen-bond donors (Lipinski definition) is 1. The van der Waals surface area contributed by atoms with Crippen LogP contribution in [0.25, 0.3) is 0 Å². The molecule has 1 aliphatic rings. The number of aliphatic hydroxyl groups excluding tert-OH is 1. The van der Waals surface area contributed by atoms with E-state index in [1.807, 2.05) is 53.8 Å². The number of ether oxygens (including phenoxy) is 1. The Balaban J connectivity index is 2.12. The van der Waals surface area contributed by atoms with Crippen molar-refractivity contribution >= 4 is 28.6 Å². The van der Waals surface area contributed by atoms with E-state index < -0.39 is 12.1 Å². The Morgan fingerprint density at radius 2 is 1.92 bits per heavy atom. The van der Waals surface area contributed by atoms with E-state index in [1.165, 1.54) is 6.42 Å². The first-order chi connectivity index (χ1) is 11.8. The van der Waals surface area contributed by atoms with Crippen LogP contribution in [0.4, 0.5) is 0 Å². The molecule has 0 spiro atoms. The Labute approximate surface area is 165 Å². The SMILES string of the molecule is Cc1ccc([C@@H](O)/C(=C/I)C(=O)O[C@@H]2C[C@H](C)CC[C@H]2C(C)C)cc1. The fraction of sp³-hybridized carbons (Fsp3) is 0.571. The molecule has 0 saturated heterocycles. The first-order valence-electron chi connectivity index (χ1n) is 9.09. The van der Waals surface area contributed by atoms with Crippen molar-refractivity contribution in [3.8, 4) is 0 Å². The smallest absolute Gasteiger partial charge is 0.337 e. The van der Waals surface area contributed by atoms with Crippen molar-refractivity contribution in [3.05, 3.63) is 45.0 Å². The van der Waals surface area contributed by atoms with Gasteiger partial charge in [0.15, 0.2) is 0 Å². The standard InChI is InChI=1S/C21H29IO3/c1-13(2)17-10-7-15(4)11-19(17)25-21(24)18(12-22)20(23)16-8-5-14(3)6-9-16/h5-6,8-9,12-13,15,17,19-20,23H,7,10-11H2,1-4H3/b18-12-/t15-,17+,19-,20-/m1/s1. The van der Waals surface area contributed by atoms with Gasteiger partial charge in [-0.25, -0.2) is 4.79 Å². The number of esters is 1. The molecule has 0 heterocycles. The highest BCUT2D eigenvalue weighted by molar-refractivity contribution is 14.1. The molecule has 1 aliphatic carbocycles. The summed E-state index contributed by atoms with van der Waals surface area (Å²) in [6.07, 6.45) is 2.18.